The van der Waals surface area contributed by atoms with E-state index < -0.39 is 28.6 Å². The second-order valence-electron chi connectivity index (χ2n) is 7.24. The van der Waals surface area contributed by atoms with Crippen LogP contribution in [-0.4, -0.2) is 21.7 Å². The Morgan fingerprint density at radius 2 is 1.82 bits per heavy atom. The zero-order valence-corrected chi connectivity index (χ0v) is 18.7. The van der Waals surface area contributed by atoms with Gasteiger partial charge in [-0.05, 0) is 30.7 Å². The minimum atomic E-state index is -4.72. The molecule has 0 fully saturated rings. The number of ether oxygens (including phenoxy) is 1. The number of rotatable bonds is 4. The minimum Gasteiger partial charge on any atom is -0.473 e. The van der Waals surface area contributed by atoms with Gasteiger partial charge < -0.3 is 10.1 Å². The fourth-order valence-corrected chi connectivity index (χ4v) is 3.79. The summed E-state index contributed by atoms with van der Waals surface area (Å²) in [6, 6.07) is 13.1. The molecule has 1 atom stereocenters. The van der Waals surface area contributed by atoms with Crippen LogP contribution in [0.2, 0.25) is 5.02 Å². The maximum absolute atomic E-state index is 14.9. The Balaban J connectivity index is 1.82. The number of fused-ring (bicyclic) bond motifs is 1. The first-order chi connectivity index (χ1) is 15.6. The number of aliphatic imine (C=N–C) groups is 1. The van der Waals surface area contributed by atoms with Crippen LogP contribution < -0.4 is 10.1 Å². The molecule has 0 radical (unpaired) electrons. The van der Waals surface area contributed by atoms with Crippen molar-refractivity contribution in [2.45, 2.75) is 25.7 Å². The summed E-state index contributed by atoms with van der Waals surface area (Å²) in [4.78, 5) is 8.83. The Kier molecular flexibility index (Phi) is 6.36. The van der Waals surface area contributed by atoms with E-state index in [4.69, 9.17) is 28.6 Å². The summed E-state index contributed by atoms with van der Waals surface area (Å²) in [7, 11) is 0. The van der Waals surface area contributed by atoms with E-state index in [9.17, 15) is 17.6 Å². The van der Waals surface area contributed by atoms with Gasteiger partial charge in [-0.15, -0.1) is 0 Å². The first-order valence-corrected chi connectivity index (χ1v) is 10.6. The molecule has 0 saturated heterocycles. The van der Waals surface area contributed by atoms with E-state index in [2.05, 4.69) is 15.3 Å². The topological polar surface area (TPSA) is 46.5 Å². The Hall–Kier alpha value is -3.04. The number of nitrogens with one attached hydrogen (secondary N) is 1. The van der Waals surface area contributed by atoms with E-state index in [1.807, 2.05) is 30.3 Å². The van der Waals surface area contributed by atoms with Gasteiger partial charge in [0.25, 0.3) is 0 Å². The van der Waals surface area contributed by atoms with Crippen molar-refractivity contribution >= 4 is 40.2 Å². The van der Waals surface area contributed by atoms with E-state index in [-0.39, 0.29) is 40.1 Å². The van der Waals surface area contributed by atoms with Crippen LogP contribution in [0.4, 0.5) is 23.2 Å². The SMILES string of the molecule is C[C@@H]1N=C(c2nc(OCc3ccccc3)ccc2F)c2c(ccc(C(F)(F)F)c2Cl)NC1=S. The smallest absolute Gasteiger partial charge is 0.417 e. The van der Waals surface area contributed by atoms with Gasteiger partial charge in [-0.1, -0.05) is 54.2 Å². The van der Waals surface area contributed by atoms with E-state index in [1.165, 1.54) is 12.1 Å². The molecule has 0 unspecified atom stereocenters. The maximum Gasteiger partial charge on any atom is 0.417 e. The lowest BCUT2D eigenvalue weighted by atomic mass is 10.0. The molecule has 4 nitrogen and oxygen atoms in total. The van der Waals surface area contributed by atoms with Gasteiger partial charge in [0.2, 0.25) is 5.88 Å². The molecular formula is C23H16ClF4N3OS. The molecule has 0 aliphatic carbocycles. The third-order valence-electron chi connectivity index (χ3n) is 4.92. The van der Waals surface area contributed by atoms with Crippen LogP contribution in [-0.2, 0) is 12.8 Å². The summed E-state index contributed by atoms with van der Waals surface area (Å²) in [6.45, 7) is 1.80. The normalized spacial score (nSPS) is 15.9. The number of hydrogen-bond acceptors (Lipinski definition) is 4. The summed E-state index contributed by atoms with van der Waals surface area (Å²) >= 11 is 11.5. The lowest BCUT2D eigenvalue weighted by Crippen LogP contribution is -2.20. The van der Waals surface area contributed by atoms with Gasteiger partial charge >= 0.3 is 6.18 Å². The highest BCUT2D eigenvalue weighted by molar-refractivity contribution is 7.80. The largest absolute Gasteiger partial charge is 0.473 e. The van der Waals surface area contributed by atoms with E-state index in [1.54, 1.807) is 6.92 Å². The molecule has 2 heterocycles. The van der Waals surface area contributed by atoms with Crippen LogP contribution in [0.3, 0.4) is 0 Å². The molecule has 0 bridgehead atoms. The zero-order chi connectivity index (χ0) is 23.8. The van der Waals surface area contributed by atoms with Crippen molar-refractivity contribution < 1.29 is 22.3 Å². The summed E-state index contributed by atoms with van der Waals surface area (Å²) < 4.78 is 61.2. The van der Waals surface area contributed by atoms with Crippen LogP contribution in [0.5, 0.6) is 5.88 Å². The fourth-order valence-electron chi connectivity index (χ4n) is 3.27. The van der Waals surface area contributed by atoms with Crippen molar-refractivity contribution in [2.24, 2.45) is 4.99 Å². The van der Waals surface area contributed by atoms with Crippen molar-refractivity contribution in [1.29, 1.82) is 0 Å². The van der Waals surface area contributed by atoms with Gasteiger partial charge in [-0.3, -0.25) is 4.99 Å². The number of hydrogen-bond donors (Lipinski definition) is 1. The van der Waals surface area contributed by atoms with Crippen LogP contribution in [0, 0.1) is 5.82 Å². The maximum atomic E-state index is 14.9. The van der Waals surface area contributed by atoms with Gasteiger partial charge in [0.1, 0.15) is 17.3 Å². The fraction of sp³-hybridized carbons (Fsp3) is 0.174. The Morgan fingerprint density at radius 3 is 2.52 bits per heavy atom. The molecule has 0 amide bonds. The number of nitrogens with zero attached hydrogens (tertiary/aromatic N) is 2. The van der Waals surface area contributed by atoms with Crippen molar-refractivity contribution in [3.8, 4) is 5.88 Å². The second-order valence-corrected chi connectivity index (χ2v) is 8.06. The average molecular weight is 494 g/mol. The monoisotopic (exact) mass is 493 g/mol. The third-order valence-corrected chi connectivity index (χ3v) is 5.75. The van der Waals surface area contributed by atoms with Crippen LogP contribution in [0.1, 0.15) is 29.3 Å². The lowest BCUT2D eigenvalue weighted by molar-refractivity contribution is -0.137. The highest BCUT2D eigenvalue weighted by Gasteiger charge is 2.37. The number of aromatic nitrogens is 1. The molecule has 33 heavy (non-hydrogen) atoms. The summed E-state index contributed by atoms with van der Waals surface area (Å²) in [5, 5.41) is 2.23. The van der Waals surface area contributed by atoms with Gasteiger partial charge in [0.05, 0.1) is 22.3 Å². The molecule has 2 aromatic carbocycles. The number of benzene rings is 2. The van der Waals surface area contributed by atoms with Crippen LogP contribution >= 0.6 is 23.8 Å². The predicted molar refractivity (Wildman–Crippen MR) is 123 cm³/mol. The highest BCUT2D eigenvalue weighted by Crippen LogP contribution is 2.41. The van der Waals surface area contributed by atoms with Crippen molar-refractivity contribution in [2.75, 3.05) is 5.32 Å². The van der Waals surface area contributed by atoms with E-state index >= 15 is 0 Å². The first kappa shape index (κ1) is 23.1. The first-order valence-electron chi connectivity index (χ1n) is 9.77. The summed E-state index contributed by atoms with van der Waals surface area (Å²) in [6.07, 6.45) is -4.72. The quantitative estimate of drug-likeness (QED) is 0.335. The van der Waals surface area contributed by atoms with Crippen LogP contribution in [0.25, 0.3) is 0 Å². The molecule has 1 N–H and O–H groups in total. The number of halogens is 5. The van der Waals surface area contributed by atoms with Gasteiger partial charge in [0, 0.05) is 17.3 Å². The number of alkyl halides is 3. The Morgan fingerprint density at radius 1 is 1.09 bits per heavy atom. The molecule has 0 saturated carbocycles. The molecule has 1 aromatic heterocycles. The van der Waals surface area contributed by atoms with Gasteiger partial charge in [-0.2, -0.15) is 13.2 Å². The van der Waals surface area contributed by atoms with E-state index in [0.29, 0.717) is 0 Å². The van der Waals surface area contributed by atoms with Gasteiger partial charge in [0.15, 0.2) is 5.82 Å². The summed E-state index contributed by atoms with van der Waals surface area (Å²) in [5.74, 6) is -0.713. The third kappa shape index (κ3) is 4.84. The molecule has 10 heteroatoms. The predicted octanol–water partition coefficient (Wildman–Crippen LogP) is 6.45. The average Bonchev–Trinajstić information content (AvgIpc) is 2.89. The molecule has 4 rings (SSSR count). The molecule has 0 spiro atoms. The standard InChI is InChI=1S/C23H16ClF4N3OS/c1-12-22(33)30-16-9-7-14(23(26,27)28)19(24)18(16)21(29-12)20-15(25)8-10-17(31-20)32-11-13-5-3-2-4-6-13/h2-10,12H,11H2,1H3,(H,30,33)/t12-/m0/s1. The van der Waals surface area contributed by atoms with E-state index in [0.717, 1.165) is 17.7 Å². The highest BCUT2D eigenvalue weighted by atomic mass is 35.5. The van der Waals surface area contributed by atoms with Gasteiger partial charge in [-0.25, -0.2) is 9.37 Å². The number of anilines is 1. The number of benzodiazepines with no additional fused rings is 1. The molecule has 3 aromatic rings. The number of pyridine rings is 1. The van der Waals surface area contributed by atoms with Crippen molar-refractivity contribution in [1.82, 2.24) is 4.98 Å². The Labute approximate surface area is 197 Å². The summed E-state index contributed by atoms with van der Waals surface area (Å²) in [5.41, 5.74) is -0.606. The molecular weight excluding hydrogens is 478 g/mol. The molecule has 170 valence electrons. The van der Waals surface area contributed by atoms with Crippen molar-refractivity contribution in [3.63, 3.8) is 0 Å². The molecule has 1 aliphatic rings. The van der Waals surface area contributed by atoms with Crippen LogP contribution in [0.15, 0.2) is 59.6 Å². The second kappa shape index (κ2) is 9.07. The molecule has 1 aliphatic heterocycles. The number of thiocarbonyl (C=S) groups is 1. The van der Waals surface area contributed by atoms with Crippen molar-refractivity contribution in [3.05, 3.63) is 87.8 Å². The lowest BCUT2D eigenvalue weighted by Gasteiger charge is -2.17. The minimum absolute atomic E-state index is 0.0787. The Bertz CT molecular complexity index is 1250. The zero-order valence-electron chi connectivity index (χ0n) is 17.1.